The zero-order valence-electron chi connectivity index (χ0n) is 15.4. The van der Waals surface area contributed by atoms with E-state index < -0.39 is 0 Å². The number of thiophene rings is 1. The van der Waals surface area contributed by atoms with Gasteiger partial charge in [0.25, 0.3) is 0 Å². The maximum Gasteiger partial charge on any atom is 0.319 e. The van der Waals surface area contributed by atoms with Gasteiger partial charge in [-0.05, 0) is 58.3 Å². The van der Waals surface area contributed by atoms with Gasteiger partial charge in [-0.25, -0.2) is 4.79 Å². The van der Waals surface area contributed by atoms with Gasteiger partial charge in [-0.15, -0.1) is 0 Å². The van der Waals surface area contributed by atoms with Crippen molar-refractivity contribution in [3.8, 4) is 0 Å². The van der Waals surface area contributed by atoms with Crippen molar-refractivity contribution in [3.63, 3.8) is 0 Å². The lowest BCUT2D eigenvalue weighted by Crippen LogP contribution is -2.40. The highest BCUT2D eigenvalue weighted by Gasteiger charge is 2.36. The van der Waals surface area contributed by atoms with Crippen LogP contribution in [0.1, 0.15) is 57.6 Å². The third-order valence-electron chi connectivity index (χ3n) is 5.29. The van der Waals surface area contributed by atoms with Crippen LogP contribution in [-0.4, -0.2) is 12.6 Å². The molecule has 1 aliphatic carbocycles. The van der Waals surface area contributed by atoms with Crippen LogP contribution in [0.5, 0.6) is 0 Å². The van der Waals surface area contributed by atoms with Crippen LogP contribution >= 0.6 is 11.3 Å². The Morgan fingerprint density at radius 3 is 2.36 bits per heavy atom. The van der Waals surface area contributed by atoms with Gasteiger partial charge in [0.1, 0.15) is 0 Å². The highest BCUT2D eigenvalue weighted by Crippen LogP contribution is 2.41. The summed E-state index contributed by atoms with van der Waals surface area (Å²) in [6.07, 6.45) is 4.80. The predicted octanol–water partition coefficient (Wildman–Crippen LogP) is 5.68. The zero-order valence-corrected chi connectivity index (χ0v) is 16.2. The quantitative estimate of drug-likeness (QED) is 0.727. The molecule has 0 spiro atoms. The standard InChI is InChI=1S/C21H28N2OS/c1-20(2,3)16-6-8-18(9-7-16)23-19(24)22-15-21(11-4-5-12-21)17-10-13-25-14-17/h6-10,13-14H,4-5,11-12,15H2,1-3H3,(H2,22,23,24). The minimum absolute atomic E-state index is 0.118. The Balaban J connectivity index is 1.59. The molecule has 1 fully saturated rings. The molecule has 0 bridgehead atoms. The molecule has 3 rings (SSSR count). The van der Waals surface area contributed by atoms with Gasteiger partial charge in [0, 0.05) is 17.6 Å². The fourth-order valence-electron chi connectivity index (χ4n) is 3.66. The number of nitrogens with one attached hydrogen (secondary N) is 2. The Morgan fingerprint density at radius 2 is 1.80 bits per heavy atom. The molecule has 1 saturated carbocycles. The summed E-state index contributed by atoms with van der Waals surface area (Å²) >= 11 is 1.74. The van der Waals surface area contributed by atoms with Crippen molar-refractivity contribution in [3.05, 3.63) is 52.2 Å². The van der Waals surface area contributed by atoms with Crippen molar-refractivity contribution in [2.75, 3.05) is 11.9 Å². The van der Waals surface area contributed by atoms with Crippen molar-refractivity contribution in [1.29, 1.82) is 0 Å². The fourth-order valence-corrected chi connectivity index (χ4v) is 4.44. The third-order valence-corrected chi connectivity index (χ3v) is 5.97. The number of urea groups is 1. The molecule has 2 amide bonds. The molecule has 2 aromatic rings. The molecule has 1 aromatic carbocycles. The van der Waals surface area contributed by atoms with E-state index in [0.29, 0.717) is 6.54 Å². The number of amides is 2. The van der Waals surface area contributed by atoms with Crippen LogP contribution in [-0.2, 0) is 10.8 Å². The van der Waals surface area contributed by atoms with Crippen LogP contribution in [0.2, 0.25) is 0 Å². The van der Waals surface area contributed by atoms with Crippen LogP contribution in [0, 0.1) is 0 Å². The summed E-state index contributed by atoms with van der Waals surface area (Å²) in [5.41, 5.74) is 3.72. The summed E-state index contributed by atoms with van der Waals surface area (Å²) in [4.78, 5) is 12.3. The second-order valence-corrected chi connectivity index (χ2v) is 8.91. The van der Waals surface area contributed by atoms with Gasteiger partial charge in [-0.3, -0.25) is 0 Å². The first-order valence-electron chi connectivity index (χ1n) is 9.07. The molecule has 0 unspecified atom stereocenters. The molecular formula is C21H28N2OS. The number of rotatable bonds is 4. The smallest absolute Gasteiger partial charge is 0.319 e. The van der Waals surface area contributed by atoms with Crippen molar-refractivity contribution >= 4 is 23.1 Å². The highest BCUT2D eigenvalue weighted by molar-refractivity contribution is 7.08. The fraction of sp³-hybridized carbons (Fsp3) is 0.476. The lowest BCUT2D eigenvalue weighted by Gasteiger charge is -2.28. The van der Waals surface area contributed by atoms with E-state index in [0.717, 1.165) is 18.5 Å². The second kappa shape index (κ2) is 7.20. The van der Waals surface area contributed by atoms with Gasteiger partial charge in [0.2, 0.25) is 0 Å². The average Bonchev–Trinajstić information content (AvgIpc) is 3.25. The first kappa shape index (κ1) is 18.0. The normalized spacial score (nSPS) is 16.6. The summed E-state index contributed by atoms with van der Waals surface area (Å²) in [5.74, 6) is 0. The summed E-state index contributed by atoms with van der Waals surface area (Å²) in [6.45, 7) is 7.27. The van der Waals surface area contributed by atoms with Gasteiger partial charge < -0.3 is 10.6 Å². The van der Waals surface area contributed by atoms with Gasteiger partial charge >= 0.3 is 6.03 Å². The van der Waals surface area contributed by atoms with E-state index >= 15 is 0 Å². The lowest BCUT2D eigenvalue weighted by molar-refractivity contribution is 0.248. The summed E-state index contributed by atoms with van der Waals surface area (Å²) in [5, 5.41) is 10.4. The van der Waals surface area contributed by atoms with Crippen molar-refractivity contribution in [1.82, 2.24) is 5.32 Å². The number of hydrogen-bond donors (Lipinski definition) is 2. The van der Waals surface area contributed by atoms with Gasteiger partial charge in [0.05, 0.1) is 0 Å². The molecular weight excluding hydrogens is 328 g/mol. The molecule has 3 nitrogen and oxygen atoms in total. The SMILES string of the molecule is CC(C)(C)c1ccc(NC(=O)NCC2(c3ccsc3)CCCC2)cc1. The Hall–Kier alpha value is -1.81. The van der Waals surface area contributed by atoms with Crippen LogP contribution in [0.15, 0.2) is 41.1 Å². The average molecular weight is 357 g/mol. The number of carbonyl (C=O) groups is 1. The maximum absolute atomic E-state index is 12.3. The third kappa shape index (κ3) is 4.24. The van der Waals surface area contributed by atoms with E-state index in [9.17, 15) is 4.79 Å². The van der Waals surface area contributed by atoms with Crippen molar-refractivity contribution in [2.24, 2.45) is 0 Å². The number of hydrogen-bond acceptors (Lipinski definition) is 2. The first-order valence-corrected chi connectivity index (χ1v) is 10.0. The summed E-state index contributed by atoms with van der Waals surface area (Å²) in [6, 6.07) is 10.2. The highest BCUT2D eigenvalue weighted by atomic mass is 32.1. The van der Waals surface area contributed by atoms with E-state index in [1.807, 2.05) is 12.1 Å². The Labute approximate surface area is 154 Å². The molecule has 1 aromatic heterocycles. The Kier molecular flexibility index (Phi) is 5.19. The zero-order chi connectivity index (χ0) is 17.9. The van der Waals surface area contributed by atoms with E-state index in [1.54, 1.807) is 11.3 Å². The minimum Gasteiger partial charge on any atom is -0.337 e. The number of benzene rings is 1. The van der Waals surface area contributed by atoms with E-state index in [-0.39, 0.29) is 16.9 Å². The Morgan fingerprint density at radius 1 is 1.12 bits per heavy atom. The lowest BCUT2D eigenvalue weighted by atomic mass is 9.80. The van der Waals surface area contributed by atoms with Crippen LogP contribution in [0.4, 0.5) is 10.5 Å². The van der Waals surface area contributed by atoms with Crippen molar-refractivity contribution < 1.29 is 4.79 Å². The second-order valence-electron chi connectivity index (χ2n) is 8.13. The molecule has 1 heterocycles. The van der Waals surface area contributed by atoms with Gasteiger partial charge in [0.15, 0.2) is 0 Å². The molecule has 2 N–H and O–H groups in total. The minimum atomic E-state index is -0.120. The molecule has 0 radical (unpaired) electrons. The number of carbonyl (C=O) groups excluding carboxylic acids is 1. The summed E-state index contributed by atoms with van der Waals surface area (Å²) < 4.78 is 0. The molecule has 0 atom stereocenters. The Bertz CT molecular complexity index is 692. The van der Waals surface area contributed by atoms with Gasteiger partial charge in [-0.1, -0.05) is 45.7 Å². The largest absolute Gasteiger partial charge is 0.337 e. The molecule has 4 heteroatoms. The number of anilines is 1. The van der Waals surface area contributed by atoms with E-state index in [2.05, 4.69) is 60.4 Å². The molecule has 25 heavy (non-hydrogen) atoms. The summed E-state index contributed by atoms with van der Waals surface area (Å²) in [7, 11) is 0. The first-order chi connectivity index (χ1) is 11.9. The molecule has 134 valence electrons. The molecule has 1 aliphatic rings. The maximum atomic E-state index is 12.3. The van der Waals surface area contributed by atoms with E-state index in [4.69, 9.17) is 0 Å². The monoisotopic (exact) mass is 356 g/mol. The van der Waals surface area contributed by atoms with E-state index in [1.165, 1.54) is 24.0 Å². The molecule has 0 aliphatic heterocycles. The predicted molar refractivity (Wildman–Crippen MR) is 107 cm³/mol. The van der Waals surface area contributed by atoms with Gasteiger partial charge in [-0.2, -0.15) is 11.3 Å². The van der Waals surface area contributed by atoms with Crippen LogP contribution in [0.3, 0.4) is 0 Å². The van der Waals surface area contributed by atoms with Crippen LogP contribution in [0.25, 0.3) is 0 Å². The topological polar surface area (TPSA) is 41.1 Å². The van der Waals surface area contributed by atoms with Crippen LogP contribution < -0.4 is 10.6 Å². The molecule has 0 saturated heterocycles. The van der Waals surface area contributed by atoms with Crippen molar-refractivity contribution in [2.45, 2.75) is 57.3 Å².